The van der Waals surface area contributed by atoms with Crippen molar-refractivity contribution in [2.75, 3.05) is 21.3 Å². The van der Waals surface area contributed by atoms with Crippen LogP contribution < -0.4 is 31.3 Å². The van der Waals surface area contributed by atoms with Gasteiger partial charge in [0, 0.05) is 0 Å². The minimum Gasteiger partial charge on any atom is -0.497 e. The summed E-state index contributed by atoms with van der Waals surface area (Å²) >= 11 is 0. The average molecular weight is 447 g/mol. The summed E-state index contributed by atoms with van der Waals surface area (Å²) < 4.78 is 18.3. The Balaban J connectivity index is 2.05. The van der Waals surface area contributed by atoms with Crippen LogP contribution in [0, 0.1) is 0 Å². The molecule has 1 aromatic heterocycles. The van der Waals surface area contributed by atoms with E-state index in [9.17, 15) is 14.4 Å². The highest BCUT2D eigenvalue weighted by Crippen LogP contribution is 2.16. The molecule has 0 aliphatic heterocycles. The zero-order chi connectivity index (χ0) is 23.5. The highest BCUT2D eigenvalue weighted by Gasteiger charge is 2.19. The second-order valence-electron chi connectivity index (χ2n) is 6.95. The molecule has 0 amide bonds. The van der Waals surface area contributed by atoms with Crippen molar-refractivity contribution < 1.29 is 14.2 Å². The molecule has 4 rings (SSSR count). The summed E-state index contributed by atoms with van der Waals surface area (Å²) in [4.78, 5) is 40.3. The van der Waals surface area contributed by atoms with Crippen molar-refractivity contribution in [2.45, 2.75) is 0 Å². The number of aromatic nitrogens is 3. The Morgan fingerprint density at radius 1 is 0.424 bits per heavy atom. The number of ether oxygens (including phenoxy) is 3. The van der Waals surface area contributed by atoms with Gasteiger partial charge >= 0.3 is 17.1 Å². The van der Waals surface area contributed by atoms with Gasteiger partial charge < -0.3 is 14.2 Å². The smallest absolute Gasteiger partial charge is 0.345 e. The minimum atomic E-state index is -0.801. The molecule has 0 atom stereocenters. The molecule has 3 aromatic carbocycles. The summed E-state index contributed by atoms with van der Waals surface area (Å²) in [5.74, 6) is 1.68. The van der Waals surface area contributed by atoms with Crippen molar-refractivity contribution in [3.63, 3.8) is 0 Å². The molecule has 0 N–H and O–H groups in total. The van der Waals surface area contributed by atoms with Crippen LogP contribution in [-0.4, -0.2) is 35.0 Å². The van der Waals surface area contributed by atoms with Crippen molar-refractivity contribution in [3.8, 4) is 34.3 Å². The molecule has 0 aliphatic carbocycles. The van der Waals surface area contributed by atoms with E-state index in [0.717, 1.165) is 13.7 Å². The van der Waals surface area contributed by atoms with E-state index >= 15 is 0 Å². The largest absolute Gasteiger partial charge is 0.497 e. The van der Waals surface area contributed by atoms with Gasteiger partial charge in [-0.05, 0) is 72.8 Å². The van der Waals surface area contributed by atoms with Gasteiger partial charge in [-0.1, -0.05) is 0 Å². The zero-order valence-corrected chi connectivity index (χ0v) is 18.2. The second-order valence-corrected chi connectivity index (χ2v) is 6.95. The van der Waals surface area contributed by atoms with E-state index in [1.165, 1.54) is 21.3 Å². The molecule has 0 radical (unpaired) electrons. The number of rotatable bonds is 6. The molecule has 9 nitrogen and oxygen atoms in total. The minimum absolute atomic E-state index is 0.287. The molecular weight excluding hydrogens is 426 g/mol. The summed E-state index contributed by atoms with van der Waals surface area (Å²) in [6.45, 7) is 0. The second kappa shape index (κ2) is 8.91. The van der Waals surface area contributed by atoms with Gasteiger partial charge in [0.25, 0.3) is 0 Å². The number of methoxy groups -OCH3 is 3. The Bertz CT molecular complexity index is 1240. The van der Waals surface area contributed by atoms with E-state index in [1.807, 2.05) is 0 Å². The zero-order valence-electron chi connectivity index (χ0n) is 18.2. The normalized spacial score (nSPS) is 10.6. The number of benzene rings is 3. The molecule has 0 aliphatic rings. The molecule has 0 unspecified atom stereocenters. The SMILES string of the molecule is COc1ccc(-n2c(=O)n(-c3ccc(OC)cc3)c(=O)n(-c3ccc(OC)cc3)c2=O)cc1. The van der Waals surface area contributed by atoms with Gasteiger partial charge in [-0.15, -0.1) is 0 Å². The lowest BCUT2D eigenvalue weighted by molar-refractivity contribution is 0.414. The maximum atomic E-state index is 13.4. The van der Waals surface area contributed by atoms with E-state index in [2.05, 4.69) is 0 Å². The van der Waals surface area contributed by atoms with Gasteiger partial charge in [-0.25, -0.2) is 28.1 Å². The van der Waals surface area contributed by atoms with Crippen molar-refractivity contribution in [3.05, 3.63) is 104 Å². The molecule has 0 saturated carbocycles. The van der Waals surface area contributed by atoms with Crippen LogP contribution in [-0.2, 0) is 0 Å². The number of hydrogen-bond acceptors (Lipinski definition) is 6. The first-order valence-electron chi connectivity index (χ1n) is 9.93. The maximum Gasteiger partial charge on any atom is 0.345 e. The topological polar surface area (TPSA) is 93.7 Å². The Hall–Kier alpha value is -4.53. The molecule has 0 bridgehead atoms. The van der Waals surface area contributed by atoms with Gasteiger partial charge in [-0.3, -0.25) is 0 Å². The predicted molar refractivity (Wildman–Crippen MR) is 123 cm³/mol. The first kappa shape index (κ1) is 21.7. The van der Waals surface area contributed by atoms with Crippen LogP contribution in [0.4, 0.5) is 0 Å². The molecular formula is C24H21N3O6. The molecule has 9 heteroatoms. The van der Waals surface area contributed by atoms with E-state index in [-0.39, 0.29) is 17.1 Å². The van der Waals surface area contributed by atoms with E-state index in [1.54, 1.807) is 72.8 Å². The van der Waals surface area contributed by atoms with Crippen molar-refractivity contribution in [1.82, 2.24) is 13.7 Å². The van der Waals surface area contributed by atoms with E-state index < -0.39 is 17.1 Å². The van der Waals surface area contributed by atoms with Crippen molar-refractivity contribution >= 4 is 0 Å². The first-order chi connectivity index (χ1) is 16.0. The summed E-state index contributed by atoms with van der Waals surface area (Å²) in [5.41, 5.74) is -1.54. The highest BCUT2D eigenvalue weighted by molar-refractivity contribution is 5.42. The molecule has 33 heavy (non-hydrogen) atoms. The van der Waals surface area contributed by atoms with E-state index in [4.69, 9.17) is 14.2 Å². The fourth-order valence-electron chi connectivity index (χ4n) is 3.40. The summed E-state index contributed by atoms with van der Waals surface area (Å²) in [6, 6.07) is 19.2. The van der Waals surface area contributed by atoms with Crippen molar-refractivity contribution in [2.24, 2.45) is 0 Å². The Labute approximate surface area is 188 Å². The summed E-state index contributed by atoms with van der Waals surface area (Å²) in [7, 11) is 4.55. The van der Waals surface area contributed by atoms with Crippen LogP contribution in [0.15, 0.2) is 87.2 Å². The lowest BCUT2D eigenvalue weighted by Gasteiger charge is -2.15. The third kappa shape index (κ3) is 3.91. The Morgan fingerprint density at radius 3 is 0.818 bits per heavy atom. The van der Waals surface area contributed by atoms with Crippen LogP contribution in [0.3, 0.4) is 0 Å². The highest BCUT2D eigenvalue weighted by atomic mass is 16.5. The third-order valence-corrected chi connectivity index (χ3v) is 5.14. The fraction of sp³-hybridized carbons (Fsp3) is 0.125. The van der Waals surface area contributed by atoms with Crippen LogP contribution >= 0.6 is 0 Å². The Kier molecular flexibility index (Phi) is 5.86. The number of hydrogen-bond donors (Lipinski definition) is 0. The van der Waals surface area contributed by atoms with Crippen LogP contribution in [0.5, 0.6) is 17.2 Å². The fourth-order valence-corrected chi connectivity index (χ4v) is 3.40. The first-order valence-corrected chi connectivity index (χ1v) is 9.93. The van der Waals surface area contributed by atoms with Gasteiger partial charge in [0.1, 0.15) is 17.2 Å². The van der Waals surface area contributed by atoms with Gasteiger partial charge in [0.2, 0.25) is 0 Å². The summed E-state index contributed by atoms with van der Waals surface area (Å²) in [5, 5.41) is 0. The average Bonchev–Trinajstić information content (AvgIpc) is 2.85. The quantitative estimate of drug-likeness (QED) is 0.450. The summed E-state index contributed by atoms with van der Waals surface area (Å²) in [6.07, 6.45) is 0. The van der Waals surface area contributed by atoms with Gasteiger partial charge in [-0.2, -0.15) is 0 Å². The molecule has 0 saturated heterocycles. The number of nitrogens with zero attached hydrogens (tertiary/aromatic N) is 3. The standard InChI is InChI=1S/C24H21N3O6/c1-31-19-10-4-16(5-11-19)25-22(28)26(17-6-12-20(32-2)13-7-17)24(30)27(23(25)29)18-8-14-21(33-3)15-9-18/h4-15H,1-3H3. The monoisotopic (exact) mass is 447 g/mol. The molecule has 0 fully saturated rings. The van der Waals surface area contributed by atoms with Crippen LogP contribution in [0.1, 0.15) is 0 Å². The molecule has 4 aromatic rings. The van der Waals surface area contributed by atoms with E-state index in [0.29, 0.717) is 17.2 Å². The Morgan fingerprint density at radius 2 is 0.636 bits per heavy atom. The van der Waals surface area contributed by atoms with Crippen molar-refractivity contribution in [1.29, 1.82) is 0 Å². The van der Waals surface area contributed by atoms with Crippen LogP contribution in [0.25, 0.3) is 17.1 Å². The lowest BCUT2D eigenvalue weighted by atomic mass is 10.3. The predicted octanol–water partition coefficient (Wildman–Crippen LogP) is 2.17. The third-order valence-electron chi connectivity index (χ3n) is 5.14. The lowest BCUT2D eigenvalue weighted by Crippen LogP contribution is -2.52. The van der Waals surface area contributed by atoms with Gasteiger partial charge in [0.05, 0.1) is 38.4 Å². The van der Waals surface area contributed by atoms with Crippen LogP contribution in [0.2, 0.25) is 0 Å². The van der Waals surface area contributed by atoms with Gasteiger partial charge in [0.15, 0.2) is 0 Å². The maximum absolute atomic E-state index is 13.4. The molecule has 1 heterocycles. The molecule has 168 valence electrons. The molecule has 0 spiro atoms.